The highest BCUT2D eigenvalue weighted by atomic mass is 35.5. The molecule has 1 aliphatic carbocycles. The van der Waals surface area contributed by atoms with E-state index in [1.165, 1.54) is 11.0 Å². The Kier molecular flexibility index (Phi) is 11.5. The molecule has 304 valence electrons. The van der Waals surface area contributed by atoms with Crippen LogP contribution in [0.4, 0.5) is 9.93 Å². The monoisotopic (exact) mass is 870 g/mol. The Morgan fingerprint density at radius 1 is 1.05 bits per heavy atom. The molecule has 6 rings (SSSR count). The number of hydrogen-bond donors (Lipinski definition) is 7. The SMILES string of the molecule is Nc1nc(/C(=N/OC2(C(=O)O)CCC2)C(=O)CC2C(=O)N3C[C@@](C(=O)O)(N4CCN(NC(=O)C(=O)CCCNC(=O)c5ccc(O)c(O)c5Cl)C4=O)S[C@H]23)c(Cl)s1. The summed E-state index contributed by atoms with van der Waals surface area (Å²) < 4.78 is -0.0439. The molecule has 4 heterocycles. The summed E-state index contributed by atoms with van der Waals surface area (Å²) in [6.45, 7) is -1.00. The third-order valence-electron chi connectivity index (χ3n) is 9.79. The van der Waals surface area contributed by atoms with E-state index in [2.05, 4.69) is 20.9 Å². The van der Waals surface area contributed by atoms with Crippen LogP contribution in [0.2, 0.25) is 9.36 Å². The van der Waals surface area contributed by atoms with Gasteiger partial charge in [-0.15, -0.1) is 0 Å². The minimum absolute atomic E-state index is 0.0121. The number of carboxylic acids is 2. The summed E-state index contributed by atoms with van der Waals surface area (Å²) >= 11 is 13.7. The Bertz CT molecular complexity index is 2130. The second-order valence-corrected chi connectivity index (χ2v) is 16.7. The molecule has 57 heavy (non-hydrogen) atoms. The fourth-order valence-electron chi connectivity index (χ4n) is 6.46. The van der Waals surface area contributed by atoms with Crippen molar-refractivity contribution in [1.82, 2.24) is 30.5 Å². The van der Waals surface area contributed by atoms with Gasteiger partial charge < -0.3 is 41.2 Å². The van der Waals surface area contributed by atoms with Gasteiger partial charge in [-0.25, -0.2) is 24.4 Å². The number of nitrogens with one attached hydrogen (secondary N) is 2. The Hall–Kier alpha value is -5.39. The number of carbonyl (C=O) groups is 8. The van der Waals surface area contributed by atoms with Crippen molar-refractivity contribution in [3.05, 3.63) is 32.7 Å². The van der Waals surface area contributed by atoms with Crippen LogP contribution >= 0.6 is 46.3 Å². The van der Waals surface area contributed by atoms with Gasteiger partial charge in [-0.2, -0.15) is 0 Å². The van der Waals surface area contributed by atoms with Crippen LogP contribution in [-0.2, 0) is 33.6 Å². The zero-order valence-electron chi connectivity index (χ0n) is 29.2. The van der Waals surface area contributed by atoms with Crippen LogP contribution < -0.4 is 16.5 Å². The van der Waals surface area contributed by atoms with Gasteiger partial charge >= 0.3 is 23.9 Å². The van der Waals surface area contributed by atoms with Crippen molar-refractivity contribution in [3.63, 3.8) is 0 Å². The predicted octanol–water partition coefficient (Wildman–Crippen LogP) is 0.991. The molecule has 3 aliphatic heterocycles. The number of aromatic nitrogens is 1. The maximum absolute atomic E-state index is 13.7. The third-order valence-corrected chi connectivity index (χ3v) is 13.0. The molecular formula is C32H32Cl2N8O13S2. The molecular weight excluding hydrogens is 839 g/mol. The van der Waals surface area contributed by atoms with Crippen LogP contribution in [-0.4, -0.2) is 135 Å². The fraction of sp³-hybridized carbons (Fsp3) is 0.438. The number of aliphatic carboxylic acids is 2. The minimum atomic E-state index is -2.04. The number of nitrogens with two attached hydrogens (primary N) is 1. The van der Waals surface area contributed by atoms with Crippen LogP contribution in [0.3, 0.4) is 0 Å². The molecule has 1 aromatic carbocycles. The number of amides is 5. The molecule has 1 saturated carbocycles. The van der Waals surface area contributed by atoms with Gasteiger partial charge in [0.2, 0.25) is 22.2 Å². The zero-order valence-corrected chi connectivity index (χ0v) is 32.4. The van der Waals surface area contributed by atoms with Crippen LogP contribution in [0.15, 0.2) is 17.3 Å². The van der Waals surface area contributed by atoms with Crippen LogP contribution in [0.1, 0.15) is 54.6 Å². The number of carboxylic acid groups (broad SMARTS) is 2. The normalized spacial score (nSPS) is 22.4. The Morgan fingerprint density at radius 3 is 2.39 bits per heavy atom. The molecule has 3 atom stereocenters. The number of carbonyl (C=O) groups excluding carboxylic acids is 6. The van der Waals surface area contributed by atoms with Crippen molar-refractivity contribution < 1.29 is 63.6 Å². The molecule has 0 bridgehead atoms. The number of β-lactam (4-membered cyclic amide) rings is 1. The summed E-state index contributed by atoms with van der Waals surface area (Å²) in [4.78, 5) is 112. The van der Waals surface area contributed by atoms with Crippen LogP contribution in [0, 0.1) is 5.92 Å². The molecule has 0 radical (unpaired) electrons. The van der Waals surface area contributed by atoms with E-state index in [0.717, 1.165) is 39.1 Å². The number of thioether (sulfide) groups is 1. The van der Waals surface area contributed by atoms with Gasteiger partial charge in [0.25, 0.3) is 5.91 Å². The fourth-order valence-corrected chi connectivity index (χ4v) is 9.33. The van der Waals surface area contributed by atoms with E-state index in [0.29, 0.717) is 6.42 Å². The summed E-state index contributed by atoms with van der Waals surface area (Å²) in [6, 6.07) is 1.27. The van der Waals surface area contributed by atoms with Crippen molar-refractivity contribution in [3.8, 4) is 11.5 Å². The van der Waals surface area contributed by atoms with E-state index in [1.54, 1.807) is 0 Å². The maximum Gasteiger partial charge on any atom is 0.350 e. The van der Waals surface area contributed by atoms with E-state index in [-0.39, 0.29) is 71.1 Å². The van der Waals surface area contributed by atoms with E-state index in [4.69, 9.17) is 33.8 Å². The number of urea groups is 1. The van der Waals surface area contributed by atoms with Crippen molar-refractivity contribution in [1.29, 1.82) is 0 Å². The second-order valence-electron chi connectivity index (χ2n) is 13.3. The average molecular weight is 872 g/mol. The maximum atomic E-state index is 13.7. The summed E-state index contributed by atoms with van der Waals surface area (Å²) in [5, 5.41) is 45.0. The Balaban J connectivity index is 1.06. The van der Waals surface area contributed by atoms with E-state index >= 15 is 0 Å². The molecule has 4 fully saturated rings. The topological polar surface area (TPSA) is 312 Å². The Labute approximate surface area is 339 Å². The first kappa shape index (κ1) is 41.2. The summed E-state index contributed by atoms with van der Waals surface area (Å²) in [7, 11) is 0. The molecule has 5 amide bonds. The third kappa shape index (κ3) is 7.58. The average Bonchev–Trinajstić information content (AvgIpc) is 3.81. The van der Waals surface area contributed by atoms with Gasteiger partial charge in [0.1, 0.15) is 10.0 Å². The van der Waals surface area contributed by atoms with E-state index < -0.39 is 99.2 Å². The number of hydrogen-bond acceptors (Lipinski definition) is 16. The lowest BCUT2D eigenvalue weighted by molar-refractivity contribution is -0.178. The lowest BCUT2D eigenvalue weighted by atomic mass is 9.80. The molecule has 8 N–H and O–H groups in total. The van der Waals surface area contributed by atoms with E-state index in [1.807, 2.05) is 0 Å². The largest absolute Gasteiger partial charge is 0.504 e. The van der Waals surface area contributed by atoms with Gasteiger partial charge in [0, 0.05) is 38.8 Å². The van der Waals surface area contributed by atoms with Crippen molar-refractivity contribution in [2.24, 2.45) is 11.1 Å². The number of Topliss-reactive ketones (excluding diaryl/α,β-unsaturated/α-hetero) is 2. The van der Waals surface area contributed by atoms with Gasteiger partial charge in [-0.3, -0.25) is 34.3 Å². The van der Waals surface area contributed by atoms with Crippen molar-refractivity contribution >= 4 is 104 Å². The smallest absolute Gasteiger partial charge is 0.350 e. The number of nitrogen functional groups attached to an aromatic ring is 1. The zero-order chi connectivity index (χ0) is 41.6. The first-order chi connectivity index (χ1) is 26.9. The number of anilines is 1. The number of aromatic hydroxyl groups is 2. The van der Waals surface area contributed by atoms with Crippen molar-refractivity contribution in [2.75, 3.05) is 31.9 Å². The number of oxime groups is 1. The second kappa shape index (κ2) is 15.9. The number of phenolic OH excluding ortho intramolecular Hbond substituents is 2. The van der Waals surface area contributed by atoms with Crippen LogP contribution in [0.5, 0.6) is 11.5 Å². The van der Waals surface area contributed by atoms with Gasteiger partial charge in [0.15, 0.2) is 28.1 Å². The highest BCUT2D eigenvalue weighted by Crippen LogP contribution is 2.53. The van der Waals surface area contributed by atoms with Gasteiger partial charge in [0.05, 0.1) is 35.0 Å². The highest BCUT2D eigenvalue weighted by Gasteiger charge is 2.66. The number of thiazole rings is 1. The molecule has 4 aliphatic rings. The number of rotatable bonds is 16. The Morgan fingerprint density at radius 2 is 1.77 bits per heavy atom. The summed E-state index contributed by atoms with van der Waals surface area (Å²) in [5.41, 5.74) is 5.47. The molecule has 2 aromatic rings. The van der Waals surface area contributed by atoms with Crippen LogP contribution in [0.25, 0.3) is 0 Å². The molecule has 3 saturated heterocycles. The highest BCUT2D eigenvalue weighted by molar-refractivity contribution is 8.02. The van der Waals surface area contributed by atoms with Gasteiger partial charge in [-0.1, -0.05) is 51.5 Å². The first-order valence-corrected chi connectivity index (χ1v) is 19.4. The lowest BCUT2D eigenvalue weighted by Crippen LogP contribution is -2.60. The number of hydrazine groups is 1. The quantitative estimate of drug-likeness (QED) is 0.0309. The van der Waals surface area contributed by atoms with Gasteiger partial charge in [-0.05, 0) is 25.0 Å². The molecule has 0 spiro atoms. The summed E-state index contributed by atoms with van der Waals surface area (Å²) in [6.07, 6.45) is -0.0923. The number of fused-ring (bicyclic) bond motifs is 1. The number of phenols is 2. The molecule has 1 aromatic heterocycles. The molecule has 25 heteroatoms. The number of benzene rings is 1. The van der Waals surface area contributed by atoms with Crippen molar-refractivity contribution in [2.45, 2.75) is 54.4 Å². The minimum Gasteiger partial charge on any atom is -0.504 e. The predicted molar refractivity (Wildman–Crippen MR) is 198 cm³/mol. The number of halogens is 2. The van der Waals surface area contributed by atoms with E-state index in [9.17, 15) is 58.8 Å². The standard InChI is InChI=1S/C32H32Cl2N8O13S2/c33-18-13(4-5-15(43)21(18)46)23(47)36-8-1-3-16(44)24(48)38-42-10-9-41(30(42)54)32(28(52)53)12-40-25(49)14(26(40)57-32)11-17(45)19(20-22(34)56-29(35)37-20)39-55-31(27(50)51)6-2-7-31/h4-5,14,26,43,46H,1-3,6-12H2,(H2,35,37)(H,36,47)(H,38,48)(H,50,51)(H,52,53)/b39-19+/t14?,26-,32-/m1/s1. The summed E-state index contributed by atoms with van der Waals surface area (Å²) in [5.74, 6) is -9.34. The molecule has 1 unspecified atom stereocenters. The number of nitrogens with zero attached hydrogens (tertiary/aromatic N) is 5. The first-order valence-electron chi connectivity index (χ1n) is 17.0. The molecule has 21 nitrogen and oxygen atoms in total. The number of ketones is 2. The lowest BCUT2D eigenvalue weighted by Gasteiger charge is -2.41.